The van der Waals surface area contributed by atoms with Gasteiger partial charge in [0.1, 0.15) is 0 Å². The number of pyridine rings is 1. The molecule has 0 fully saturated rings. The van der Waals surface area contributed by atoms with Gasteiger partial charge in [0, 0.05) is 30.5 Å². The van der Waals surface area contributed by atoms with E-state index in [0.29, 0.717) is 18.8 Å². The molecule has 0 N–H and O–H groups in total. The lowest BCUT2D eigenvalue weighted by molar-refractivity contribution is -0.130. The summed E-state index contributed by atoms with van der Waals surface area (Å²) in [6.07, 6.45) is 3.49. The van der Waals surface area contributed by atoms with Gasteiger partial charge in [-0.3, -0.25) is 14.3 Å². The Labute approximate surface area is 198 Å². The molecule has 2 aromatic heterocycles. The van der Waals surface area contributed by atoms with Crippen LogP contribution in [0.15, 0.2) is 90.3 Å². The summed E-state index contributed by atoms with van der Waals surface area (Å²) < 4.78 is 2.07. The molecule has 0 aliphatic rings. The van der Waals surface area contributed by atoms with Crippen molar-refractivity contribution >= 4 is 17.7 Å². The lowest BCUT2D eigenvalue weighted by Gasteiger charge is -2.27. The number of hydrogen-bond donors (Lipinski definition) is 0. The predicted molar refractivity (Wildman–Crippen MR) is 132 cm³/mol. The van der Waals surface area contributed by atoms with Crippen molar-refractivity contribution in [2.45, 2.75) is 38.1 Å². The summed E-state index contributed by atoms with van der Waals surface area (Å²) in [5, 5.41) is 9.61. The average Bonchev–Trinajstić information content (AvgIpc) is 3.25. The summed E-state index contributed by atoms with van der Waals surface area (Å²) >= 11 is 1.43. The van der Waals surface area contributed by atoms with Gasteiger partial charge in [-0.2, -0.15) is 0 Å². The van der Waals surface area contributed by atoms with Crippen molar-refractivity contribution in [1.82, 2.24) is 24.6 Å². The first kappa shape index (κ1) is 22.7. The van der Waals surface area contributed by atoms with E-state index in [2.05, 4.69) is 31.9 Å². The number of rotatable bonds is 9. The van der Waals surface area contributed by atoms with Gasteiger partial charge in [0.25, 0.3) is 0 Å². The molecule has 0 unspecified atom stereocenters. The maximum Gasteiger partial charge on any atom is 0.233 e. The van der Waals surface area contributed by atoms with E-state index in [-0.39, 0.29) is 11.9 Å². The normalized spacial score (nSPS) is 11.0. The van der Waals surface area contributed by atoms with Gasteiger partial charge in [-0.05, 0) is 37.1 Å². The van der Waals surface area contributed by atoms with Crippen LogP contribution in [0.5, 0.6) is 0 Å². The van der Waals surface area contributed by atoms with Gasteiger partial charge in [-0.1, -0.05) is 72.4 Å². The molecule has 0 radical (unpaired) electrons. The molecule has 0 saturated carbocycles. The average molecular weight is 458 g/mol. The summed E-state index contributed by atoms with van der Waals surface area (Å²) in [4.78, 5) is 19.2. The van der Waals surface area contributed by atoms with E-state index in [1.165, 1.54) is 11.8 Å². The second-order valence-electron chi connectivity index (χ2n) is 8.00. The van der Waals surface area contributed by atoms with Crippen LogP contribution in [0.3, 0.4) is 0 Å². The number of aromatic nitrogens is 4. The third-order valence-electron chi connectivity index (χ3n) is 5.30. The van der Waals surface area contributed by atoms with Crippen LogP contribution in [0.4, 0.5) is 0 Å². The largest absolute Gasteiger partial charge is 0.335 e. The molecule has 1 amide bonds. The van der Waals surface area contributed by atoms with Gasteiger partial charge in [0.2, 0.25) is 5.91 Å². The third-order valence-corrected chi connectivity index (χ3v) is 6.25. The van der Waals surface area contributed by atoms with Crippen molar-refractivity contribution in [1.29, 1.82) is 0 Å². The third kappa shape index (κ3) is 5.87. The molecule has 2 aromatic carbocycles. The molecule has 6 nitrogen and oxygen atoms in total. The molecule has 0 spiro atoms. The van der Waals surface area contributed by atoms with Crippen molar-refractivity contribution in [2.75, 3.05) is 5.75 Å². The number of hydrogen-bond acceptors (Lipinski definition) is 5. The highest BCUT2D eigenvalue weighted by Crippen LogP contribution is 2.25. The Morgan fingerprint density at radius 1 is 0.909 bits per heavy atom. The summed E-state index contributed by atoms with van der Waals surface area (Å²) in [6.45, 7) is 5.31. The Bertz CT molecular complexity index is 1160. The van der Waals surface area contributed by atoms with E-state index in [0.717, 1.165) is 27.7 Å². The minimum atomic E-state index is 0.0820. The van der Waals surface area contributed by atoms with E-state index >= 15 is 0 Å². The topological polar surface area (TPSA) is 63.9 Å². The van der Waals surface area contributed by atoms with Crippen LogP contribution >= 0.6 is 11.8 Å². The summed E-state index contributed by atoms with van der Waals surface area (Å²) in [6, 6.07) is 24.2. The molecule has 0 aliphatic heterocycles. The van der Waals surface area contributed by atoms with Crippen molar-refractivity contribution in [3.8, 4) is 11.4 Å². The summed E-state index contributed by atoms with van der Waals surface area (Å²) in [5.41, 5.74) is 3.21. The van der Waals surface area contributed by atoms with Crippen LogP contribution in [0.1, 0.15) is 25.0 Å². The molecule has 0 bridgehead atoms. The quantitative estimate of drug-likeness (QED) is 0.334. The zero-order valence-electron chi connectivity index (χ0n) is 18.8. The molecule has 4 aromatic rings. The highest BCUT2D eigenvalue weighted by Gasteiger charge is 2.20. The molecule has 4 rings (SSSR count). The molecule has 7 heteroatoms. The standard InChI is InChI=1S/C26H27N5OS/c1-20(2)30(17-21-9-5-3-6-10-21)24(32)19-33-26-29-28-25(23-13-15-27-16-14-23)31(26)18-22-11-7-4-8-12-22/h3-16,20H,17-19H2,1-2H3. The molecule has 33 heavy (non-hydrogen) atoms. The Balaban J connectivity index is 1.54. The molecule has 0 saturated heterocycles. The van der Waals surface area contributed by atoms with Gasteiger partial charge in [0.15, 0.2) is 11.0 Å². The Morgan fingerprint density at radius 3 is 2.18 bits per heavy atom. The van der Waals surface area contributed by atoms with E-state index in [1.807, 2.05) is 79.4 Å². The first-order valence-corrected chi connectivity index (χ1v) is 11.9. The fourth-order valence-electron chi connectivity index (χ4n) is 3.57. The van der Waals surface area contributed by atoms with E-state index in [1.54, 1.807) is 12.4 Å². The molecular weight excluding hydrogens is 430 g/mol. The van der Waals surface area contributed by atoms with Crippen LogP contribution < -0.4 is 0 Å². The van der Waals surface area contributed by atoms with Crippen LogP contribution in [0, 0.1) is 0 Å². The monoisotopic (exact) mass is 457 g/mol. The second kappa shape index (κ2) is 10.9. The number of carbonyl (C=O) groups excluding carboxylic acids is 1. The van der Waals surface area contributed by atoms with E-state index in [4.69, 9.17) is 0 Å². The van der Waals surface area contributed by atoms with Crippen LogP contribution in [-0.2, 0) is 17.9 Å². The van der Waals surface area contributed by atoms with Crippen LogP contribution in [-0.4, -0.2) is 42.4 Å². The fraction of sp³-hybridized carbons (Fsp3) is 0.231. The first-order valence-electron chi connectivity index (χ1n) is 11.0. The smallest absolute Gasteiger partial charge is 0.233 e. The van der Waals surface area contributed by atoms with E-state index < -0.39 is 0 Å². The second-order valence-corrected chi connectivity index (χ2v) is 8.95. The number of nitrogens with zero attached hydrogens (tertiary/aromatic N) is 5. The van der Waals surface area contributed by atoms with Crippen molar-refractivity contribution < 1.29 is 4.79 Å². The van der Waals surface area contributed by atoms with Gasteiger partial charge < -0.3 is 4.90 Å². The minimum Gasteiger partial charge on any atom is -0.335 e. The maximum atomic E-state index is 13.1. The van der Waals surface area contributed by atoms with Crippen LogP contribution in [0.25, 0.3) is 11.4 Å². The SMILES string of the molecule is CC(C)N(Cc1ccccc1)C(=O)CSc1nnc(-c2ccncc2)n1Cc1ccccc1. The Kier molecular flexibility index (Phi) is 7.52. The van der Waals surface area contributed by atoms with Gasteiger partial charge >= 0.3 is 0 Å². The van der Waals surface area contributed by atoms with Gasteiger partial charge in [-0.25, -0.2) is 0 Å². The molecule has 168 valence electrons. The zero-order valence-corrected chi connectivity index (χ0v) is 19.7. The number of amides is 1. The number of carbonyl (C=O) groups is 1. The number of thioether (sulfide) groups is 1. The Hall–Kier alpha value is -3.45. The highest BCUT2D eigenvalue weighted by atomic mass is 32.2. The maximum absolute atomic E-state index is 13.1. The van der Waals surface area contributed by atoms with E-state index in [9.17, 15) is 4.79 Å². The van der Waals surface area contributed by atoms with Crippen molar-refractivity contribution in [2.24, 2.45) is 0 Å². The summed E-state index contributed by atoms with van der Waals surface area (Å²) in [7, 11) is 0. The van der Waals surface area contributed by atoms with Gasteiger partial charge in [0.05, 0.1) is 12.3 Å². The minimum absolute atomic E-state index is 0.0820. The molecule has 0 atom stereocenters. The molecular formula is C26H27N5OS. The predicted octanol–water partition coefficient (Wildman–Crippen LogP) is 4.92. The van der Waals surface area contributed by atoms with Crippen LogP contribution in [0.2, 0.25) is 0 Å². The number of benzene rings is 2. The fourth-order valence-corrected chi connectivity index (χ4v) is 4.39. The first-order chi connectivity index (χ1) is 16.1. The van der Waals surface area contributed by atoms with Crippen molar-refractivity contribution in [3.05, 3.63) is 96.3 Å². The zero-order chi connectivity index (χ0) is 23.0. The van der Waals surface area contributed by atoms with Crippen molar-refractivity contribution in [3.63, 3.8) is 0 Å². The van der Waals surface area contributed by atoms with Gasteiger partial charge in [-0.15, -0.1) is 10.2 Å². The Morgan fingerprint density at radius 2 is 1.55 bits per heavy atom. The highest BCUT2D eigenvalue weighted by molar-refractivity contribution is 7.99. The lowest BCUT2D eigenvalue weighted by Crippen LogP contribution is -2.37. The lowest BCUT2D eigenvalue weighted by atomic mass is 10.2. The summed E-state index contributed by atoms with van der Waals surface area (Å²) in [5.74, 6) is 1.15. The molecule has 2 heterocycles. The molecule has 0 aliphatic carbocycles.